The van der Waals surface area contributed by atoms with Gasteiger partial charge in [-0.1, -0.05) is 0 Å². The maximum atomic E-state index is 14.4. The van der Waals surface area contributed by atoms with E-state index in [-0.39, 0.29) is 0 Å². The largest absolute Gasteiger partial charge is 0.481 e. The summed E-state index contributed by atoms with van der Waals surface area (Å²) in [5.74, 6) is -19.1. The number of carboxylic acid groups (broad SMARTS) is 4. The van der Waals surface area contributed by atoms with Gasteiger partial charge in [-0.15, -0.1) is 0 Å². The number of hydrogen-bond acceptors (Lipinski definition) is 4. The third kappa shape index (κ3) is 4.60. The van der Waals surface area contributed by atoms with Gasteiger partial charge < -0.3 is 20.4 Å². The zero-order chi connectivity index (χ0) is 25.5. The minimum absolute atomic E-state index is 0.738. The summed E-state index contributed by atoms with van der Waals surface area (Å²) in [6.07, 6.45) is -17.7. The molecule has 0 aromatic heterocycles. The molecule has 0 radical (unpaired) electrons. The van der Waals surface area contributed by atoms with Gasteiger partial charge in [-0.05, 0) is 50.4 Å². The van der Waals surface area contributed by atoms with Crippen molar-refractivity contribution in [2.75, 3.05) is 0 Å². The Kier molecular flexibility index (Phi) is 7.29. The molecule has 0 aromatic rings. The lowest BCUT2D eigenvalue weighted by Gasteiger charge is -2.52. The first-order valence-corrected chi connectivity index (χ1v) is 10.0. The highest BCUT2D eigenvalue weighted by molar-refractivity contribution is 5.81. The average Bonchev–Trinajstić information content (AvgIpc) is 2.65. The van der Waals surface area contributed by atoms with Crippen molar-refractivity contribution >= 4 is 23.9 Å². The zero-order valence-corrected chi connectivity index (χ0v) is 16.9. The number of aliphatic carboxylic acids is 4. The van der Waals surface area contributed by atoms with Gasteiger partial charge in [0, 0.05) is 0 Å². The molecule has 0 aliphatic heterocycles. The van der Waals surface area contributed by atoms with Crippen molar-refractivity contribution in [3.63, 3.8) is 0 Å². The van der Waals surface area contributed by atoms with Crippen molar-refractivity contribution in [1.82, 2.24) is 0 Å². The van der Waals surface area contributed by atoms with Gasteiger partial charge in [-0.25, -0.2) is 0 Å². The van der Waals surface area contributed by atoms with E-state index >= 15 is 0 Å². The van der Waals surface area contributed by atoms with E-state index in [2.05, 4.69) is 0 Å². The molecular weight excluding hydrogens is 470 g/mol. The van der Waals surface area contributed by atoms with Crippen molar-refractivity contribution in [3.8, 4) is 0 Å². The Labute approximate surface area is 182 Å². The summed E-state index contributed by atoms with van der Waals surface area (Å²) in [6.45, 7) is 0. The minimum Gasteiger partial charge on any atom is -0.481 e. The Morgan fingerprint density at radius 3 is 1.00 bits per heavy atom. The Morgan fingerprint density at radius 2 is 0.788 bits per heavy atom. The summed E-state index contributed by atoms with van der Waals surface area (Å²) in [4.78, 5) is 45.6. The van der Waals surface area contributed by atoms with Crippen LogP contribution in [0.25, 0.3) is 0 Å². The van der Waals surface area contributed by atoms with Gasteiger partial charge in [0.2, 0.25) is 0 Å². The molecule has 2 fully saturated rings. The molecule has 0 bridgehead atoms. The van der Waals surface area contributed by atoms with E-state index < -0.39 is 116 Å². The molecule has 2 rings (SSSR count). The number of hydrogen-bond donors (Lipinski definition) is 4. The smallest absolute Gasteiger partial charge is 0.403 e. The molecule has 14 heteroatoms. The van der Waals surface area contributed by atoms with Crippen LogP contribution in [-0.4, -0.2) is 56.7 Å². The average molecular weight is 492 g/mol. The maximum absolute atomic E-state index is 14.4. The van der Waals surface area contributed by atoms with Crippen molar-refractivity contribution in [2.45, 2.75) is 50.9 Å². The third-order valence-corrected chi connectivity index (χ3v) is 7.20. The number of carboxylic acids is 4. The molecular formula is C19H22F6O8. The molecule has 2 aliphatic rings. The van der Waals surface area contributed by atoms with Crippen molar-refractivity contribution in [2.24, 2.45) is 40.9 Å². The Morgan fingerprint density at radius 1 is 0.515 bits per heavy atom. The fourth-order valence-corrected chi connectivity index (χ4v) is 5.73. The summed E-state index contributed by atoms with van der Waals surface area (Å²) >= 11 is 0. The van der Waals surface area contributed by atoms with Crippen LogP contribution in [0.5, 0.6) is 0 Å². The summed E-state index contributed by atoms with van der Waals surface area (Å²) in [5.41, 5.74) is -4.52. The zero-order valence-electron chi connectivity index (χ0n) is 16.9. The lowest BCUT2D eigenvalue weighted by molar-refractivity contribution is -0.383. The molecule has 6 unspecified atom stereocenters. The standard InChI is InChI=1S/C19H22F6O8/c20-18(21,22)17(19(23,24)25,7-1-3-9(13(26)27)11(5-7)15(30)31)8-2-4-10(14(28)29)12(6-8)16(32)33/h7-12H,1-6H2,(H,26,27)(H,28,29)(H,30,31)(H,32,33). The summed E-state index contributed by atoms with van der Waals surface area (Å²) < 4.78 is 86.2. The van der Waals surface area contributed by atoms with Crippen LogP contribution >= 0.6 is 0 Å². The first-order chi connectivity index (χ1) is 15.0. The van der Waals surface area contributed by atoms with E-state index in [0.717, 1.165) is 0 Å². The fraction of sp³-hybridized carbons (Fsp3) is 0.789. The first-order valence-electron chi connectivity index (χ1n) is 10.0. The second-order valence-electron chi connectivity index (χ2n) is 8.66. The molecule has 33 heavy (non-hydrogen) atoms. The van der Waals surface area contributed by atoms with Crippen LogP contribution in [0.3, 0.4) is 0 Å². The highest BCUT2D eigenvalue weighted by Crippen LogP contribution is 2.66. The van der Waals surface area contributed by atoms with Gasteiger partial charge >= 0.3 is 36.2 Å². The van der Waals surface area contributed by atoms with Crippen LogP contribution < -0.4 is 0 Å². The van der Waals surface area contributed by atoms with Crippen LogP contribution in [0, 0.1) is 40.9 Å². The normalized spacial score (nSPS) is 31.6. The van der Waals surface area contributed by atoms with Crippen LogP contribution in [0.1, 0.15) is 38.5 Å². The second-order valence-corrected chi connectivity index (χ2v) is 8.66. The molecule has 8 nitrogen and oxygen atoms in total. The molecule has 2 saturated carbocycles. The lowest BCUT2D eigenvalue weighted by atomic mass is 9.53. The third-order valence-electron chi connectivity index (χ3n) is 7.20. The molecule has 0 spiro atoms. The topological polar surface area (TPSA) is 149 Å². The molecule has 6 atom stereocenters. The summed E-state index contributed by atoms with van der Waals surface area (Å²) in [7, 11) is 0. The highest BCUT2D eigenvalue weighted by atomic mass is 19.4. The quantitative estimate of drug-likeness (QED) is 0.412. The predicted molar refractivity (Wildman–Crippen MR) is 93.7 cm³/mol. The van der Waals surface area contributed by atoms with E-state index in [1.807, 2.05) is 0 Å². The van der Waals surface area contributed by atoms with Gasteiger partial charge in [0.25, 0.3) is 0 Å². The van der Waals surface area contributed by atoms with Crippen LogP contribution in [0.4, 0.5) is 26.3 Å². The summed E-state index contributed by atoms with van der Waals surface area (Å²) in [6, 6.07) is 0. The molecule has 188 valence electrons. The van der Waals surface area contributed by atoms with Gasteiger partial charge in [0.15, 0.2) is 5.41 Å². The van der Waals surface area contributed by atoms with Crippen molar-refractivity contribution in [3.05, 3.63) is 0 Å². The van der Waals surface area contributed by atoms with E-state index in [0.29, 0.717) is 0 Å². The van der Waals surface area contributed by atoms with Gasteiger partial charge in [-0.2, -0.15) is 26.3 Å². The van der Waals surface area contributed by atoms with E-state index in [1.54, 1.807) is 0 Å². The Hall–Kier alpha value is -2.54. The second kappa shape index (κ2) is 9.01. The predicted octanol–water partition coefficient (Wildman–Crippen LogP) is 3.50. The van der Waals surface area contributed by atoms with Gasteiger partial charge in [0.1, 0.15) is 0 Å². The Balaban J connectivity index is 2.62. The van der Waals surface area contributed by atoms with E-state index in [4.69, 9.17) is 10.2 Å². The van der Waals surface area contributed by atoms with Crippen molar-refractivity contribution < 1.29 is 65.9 Å². The monoisotopic (exact) mass is 492 g/mol. The number of rotatable bonds is 6. The molecule has 0 saturated heterocycles. The van der Waals surface area contributed by atoms with E-state index in [1.165, 1.54) is 0 Å². The van der Waals surface area contributed by atoms with Gasteiger partial charge in [-0.3, -0.25) is 19.2 Å². The highest BCUT2D eigenvalue weighted by Gasteiger charge is 2.77. The minimum atomic E-state index is -5.99. The molecule has 4 N–H and O–H groups in total. The molecule has 2 aliphatic carbocycles. The number of halogens is 6. The lowest BCUT2D eigenvalue weighted by Crippen LogP contribution is -2.62. The number of alkyl halides is 6. The SMILES string of the molecule is O=C(O)C1CCC(C(C2CCC(C(=O)O)C(C(=O)O)C2)(C(F)(F)F)C(F)(F)F)CC1C(=O)O. The van der Waals surface area contributed by atoms with Gasteiger partial charge in [0.05, 0.1) is 23.7 Å². The molecule has 0 aromatic carbocycles. The van der Waals surface area contributed by atoms with Crippen LogP contribution in [0.15, 0.2) is 0 Å². The fourth-order valence-electron chi connectivity index (χ4n) is 5.73. The van der Waals surface area contributed by atoms with Crippen molar-refractivity contribution in [1.29, 1.82) is 0 Å². The number of carbonyl (C=O) groups is 4. The molecule has 0 amide bonds. The first kappa shape index (κ1) is 26.7. The van der Waals surface area contributed by atoms with E-state index in [9.17, 15) is 55.7 Å². The molecule has 0 heterocycles. The Bertz CT molecular complexity index is 741. The summed E-state index contributed by atoms with van der Waals surface area (Å²) in [5, 5.41) is 36.9. The van der Waals surface area contributed by atoms with Crippen LogP contribution in [0.2, 0.25) is 0 Å². The van der Waals surface area contributed by atoms with Crippen LogP contribution in [-0.2, 0) is 19.2 Å². The maximum Gasteiger partial charge on any atom is 0.403 e.